The lowest BCUT2D eigenvalue weighted by Crippen LogP contribution is -2.38. The quantitative estimate of drug-likeness (QED) is 0.755. The smallest absolute Gasteiger partial charge is 0.270 e. The van der Waals surface area contributed by atoms with Gasteiger partial charge in [0, 0.05) is 29.8 Å². The minimum absolute atomic E-state index is 0.0945. The molecule has 1 aliphatic heterocycles. The summed E-state index contributed by atoms with van der Waals surface area (Å²) in [5, 5.41) is 0. The van der Waals surface area contributed by atoms with Gasteiger partial charge >= 0.3 is 0 Å². The average Bonchev–Trinajstić information content (AvgIpc) is 2.61. The molecule has 1 aliphatic rings. The monoisotopic (exact) mass is 386 g/mol. The maximum atomic E-state index is 13.0. The van der Waals surface area contributed by atoms with Crippen molar-refractivity contribution < 1.29 is 4.79 Å². The van der Waals surface area contributed by atoms with Gasteiger partial charge in [0.1, 0.15) is 5.70 Å². The molecule has 1 aromatic heterocycles. The van der Waals surface area contributed by atoms with Crippen LogP contribution in [0.3, 0.4) is 0 Å². The Bertz CT molecular complexity index is 820. The maximum Gasteiger partial charge on any atom is 0.270 e. The first kappa shape index (κ1) is 16.7. The van der Waals surface area contributed by atoms with E-state index < -0.39 is 0 Å². The van der Waals surface area contributed by atoms with Crippen LogP contribution in [0.2, 0.25) is 0 Å². The summed E-state index contributed by atoms with van der Waals surface area (Å²) in [4.78, 5) is 27.1. The van der Waals surface area contributed by atoms with Crippen molar-refractivity contribution in [2.75, 3.05) is 13.1 Å². The van der Waals surface area contributed by atoms with Crippen LogP contribution >= 0.6 is 15.9 Å². The zero-order valence-electron chi connectivity index (χ0n) is 13.3. The highest BCUT2D eigenvalue weighted by atomic mass is 79.9. The Morgan fingerprint density at radius 2 is 1.83 bits per heavy atom. The summed E-state index contributed by atoms with van der Waals surface area (Å²) in [6.07, 6.45) is 6.61. The molecule has 2 heterocycles. The second-order valence-corrected chi connectivity index (χ2v) is 6.76. The molecule has 1 fully saturated rings. The van der Waals surface area contributed by atoms with Crippen LogP contribution < -0.4 is 5.56 Å². The van der Waals surface area contributed by atoms with E-state index in [4.69, 9.17) is 0 Å². The second kappa shape index (κ2) is 7.62. The molecule has 0 unspecified atom stereocenters. The minimum Gasteiger partial charge on any atom is -0.337 e. The summed E-state index contributed by atoms with van der Waals surface area (Å²) in [5.74, 6) is -0.0945. The molecule has 0 aliphatic carbocycles. The Hall–Kier alpha value is -2.14. The number of nitrogens with zero attached hydrogens (tertiary/aromatic N) is 2. The molecule has 1 aromatic carbocycles. The van der Waals surface area contributed by atoms with Crippen molar-refractivity contribution in [3.63, 3.8) is 0 Å². The molecule has 0 radical (unpaired) electrons. The number of benzene rings is 1. The molecule has 24 heavy (non-hydrogen) atoms. The number of rotatable bonds is 3. The fourth-order valence-electron chi connectivity index (χ4n) is 2.87. The largest absolute Gasteiger partial charge is 0.337 e. The van der Waals surface area contributed by atoms with Gasteiger partial charge in [-0.3, -0.25) is 14.2 Å². The third-order valence-corrected chi connectivity index (χ3v) is 4.59. The van der Waals surface area contributed by atoms with Crippen molar-refractivity contribution in [3.05, 3.63) is 69.1 Å². The van der Waals surface area contributed by atoms with Crippen molar-refractivity contribution in [2.45, 2.75) is 19.3 Å². The van der Waals surface area contributed by atoms with E-state index in [1.165, 1.54) is 10.6 Å². The fourth-order valence-corrected chi connectivity index (χ4v) is 3.29. The Kier molecular flexibility index (Phi) is 5.30. The molecule has 0 spiro atoms. The summed E-state index contributed by atoms with van der Waals surface area (Å²) < 4.78 is 2.36. The van der Waals surface area contributed by atoms with Crippen molar-refractivity contribution >= 4 is 33.6 Å². The number of carbonyl (C=O) groups excluding carboxylic acids is 1. The zero-order chi connectivity index (χ0) is 16.9. The van der Waals surface area contributed by atoms with E-state index in [9.17, 15) is 9.59 Å². The number of hydrogen-bond acceptors (Lipinski definition) is 2. The van der Waals surface area contributed by atoms with Gasteiger partial charge in [-0.25, -0.2) is 0 Å². The fraction of sp³-hybridized carbons (Fsp3) is 0.263. The number of amides is 1. The van der Waals surface area contributed by atoms with Crippen molar-refractivity contribution in [2.24, 2.45) is 0 Å². The number of pyridine rings is 1. The Morgan fingerprint density at radius 3 is 2.54 bits per heavy atom. The average molecular weight is 387 g/mol. The van der Waals surface area contributed by atoms with E-state index in [1.807, 2.05) is 29.2 Å². The van der Waals surface area contributed by atoms with Gasteiger partial charge in [-0.1, -0.05) is 34.1 Å². The molecule has 2 aromatic rings. The number of hydrogen-bond donors (Lipinski definition) is 0. The van der Waals surface area contributed by atoms with E-state index in [-0.39, 0.29) is 11.5 Å². The summed E-state index contributed by atoms with van der Waals surface area (Å²) in [7, 11) is 0. The predicted molar refractivity (Wildman–Crippen MR) is 99.4 cm³/mol. The molecule has 0 N–H and O–H groups in total. The summed E-state index contributed by atoms with van der Waals surface area (Å²) >= 11 is 3.44. The summed E-state index contributed by atoms with van der Waals surface area (Å²) in [6, 6.07) is 12.6. The van der Waals surface area contributed by atoms with Gasteiger partial charge in [-0.05, 0) is 49.1 Å². The summed E-state index contributed by atoms with van der Waals surface area (Å²) in [6.45, 7) is 1.49. The molecule has 124 valence electrons. The standard InChI is InChI=1S/C19H19BrN2O2/c20-16-8-6-7-15(13-16)14-17(22-12-5-2-9-18(22)23)19(24)21-10-3-1-4-11-21/h2,5-9,12-14H,1,3-4,10-11H2. The molecule has 5 heteroatoms. The Labute approximate surface area is 149 Å². The number of piperidine rings is 1. The first-order chi connectivity index (χ1) is 11.6. The lowest BCUT2D eigenvalue weighted by Gasteiger charge is -2.28. The SMILES string of the molecule is O=C(C(=Cc1cccc(Br)c1)n1ccccc1=O)N1CCCCC1. The predicted octanol–water partition coefficient (Wildman–Crippen LogP) is 3.62. The zero-order valence-corrected chi connectivity index (χ0v) is 14.9. The Morgan fingerprint density at radius 1 is 1.04 bits per heavy atom. The van der Waals surface area contributed by atoms with Crippen LogP contribution in [0.1, 0.15) is 24.8 Å². The van der Waals surface area contributed by atoms with E-state index in [0.29, 0.717) is 5.70 Å². The van der Waals surface area contributed by atoms with Crippen LogP contribution in [0, 0.1) is 0 Å². The van der Waals surface area contributed by atoms with E-state index in [0.717, 1.165) is 42.4 Å². The van der Waals surface area contributed by atoms with Gasteiger partial charge in [-0.2, -0.15) is 0 Å². The lowest BCUT2D eigenvalue weighted by atomic mass is 10.1. The number of carbonyl (C=O) groups is 1. The molecule has 1 saturated heterocycles. The first-order valence-corrected chi connectivity index (χ1v) is 8.89. The molecule has 0 bridgehead atoms. The van der Waals surface area contributed by atoms with Gasteiger partial charge in [0.25, 0.3) is 11.5 Å². The van der Waals surface area contributed by atoms with E-state index in [2.05, 4.69) is 15.9 Å². The van der Waals surface area contributed by atoms with Gasteiger partial charge in [-0.15, -0.1) is 0 Å². The molecule has 4 nitrogen and oxygen atoms in total. The highest BCUT2D eigenvalue weighted by Gasteiger charge is 2.22. The highest BCUT2D eigenvalue weighted by Crippen LogP contribution is 2.19. The molecule has 0 saturated carbocycles. The lowest BCUT2D eigenvalue weighted by molar-refractivity contribution is -0.126. The maximum absolute atomic E-state index is 13.0. The van der Waals surface area contributed by atoms with Crippen molar-refractivity contribution in [1.82, 2.24) is 9.47 Å². The van der Waals surface area contributed by atoms with Crippen LogP contribution in [0.4, 0.5) is 0 Å². The number of halogens is 1. The normalized spacial score (nSPS) is 15.4. The first-order valence-electron chi connectivity index (χ1n) is 8.10. The molecular weight excluding hydrogens is 368 g/mol. The topological polar surface area (TPSA) is 42.3 Å². The molecular formula is C19H19BrN2O2. The van der Waals surface area contributed by atoms with Crippen LogP contribution in [0.5, 0.6) is 0 Å². The molecule has 1 amide bonds. The van der Waals surface area contributed by atoms with E-state index >= 15 is 0 Å². The number of likely N-dealkylation sites (tertiary alicyclic amines) is 1. The number of aromatic nitrogens is 1. The van der Waals surface area contributed by atoms with Crippen LogP contribution in [0.25, 0.3) is 11.8 Å². The minimum atomic E-state index is -0.205. The molecule has 0 atom stereocenters. The molecule has 3 rings (SSSR count). The van der Waals surface area contributed by atoms with Gasteiger partial charge in [0.05, 0.1) is 0 Å². The third kappa shape index (κ3) is 3.85. The van der Waals surface area contributed by atoms with Crippen molar-refractivity contribution in [3.8, 4) is 0 Å². The third-order valence-electron chi connectivity index (χ3n) is 4.10. The summed E-state index contributed by atoms with van der Waals surface area (Å²) in [5.41, 5.74) is 1.06. The Balaban J connectivity index is 2.05. The second-order valence-electron chi connectivity index (χ2n) is 5.85. The van der Waals surface area contributed by atoms with Gasteiger partial charge < -0.3 is 4.90 Å². The highest BCUT2D eigenvalue weighted by molar-refractivity contribution is 9.10. The van der Waals surface area contributed by atoms with Crippen LogP contribution in [0.15, 0.2) is 57.9 Å². The van der Waals surface area contributed by atoms with Crippen LogP contribution in [-0.2, 0) is 4.79 Å². The van der Waals surface area contributed by atoms with Crippen LogP contribution in [-0.4, -0.2) is 28.5 Å². The van der Waals surface area contributed by atoms with Gasteiger partial charge in [0.2, 0.25) is 0 Å². The van der Waals surface area contributed by atoms with Crippen molar-refractivity contribution in [1.29, 1.82) is 0 Å². The van der Waals surface area contributed by atoms with E-state index in [1.54, 1.807) is 24.4 Å². The van der Waals surface area contributed by atoms with Gasteiger partial charge in [0.15, 0.2) is 0 Å².